The third-order valence-electron chi connectivity index (χ3n) is 3.71. The Bertz CT molecular complexity index is 361. The molecule has 18 heavy (non-hydrogen) atoms. The Kier molecular flexibility index (Phi) is 4.72. The number of ether oxygens (including phenoxy) is 1. The van der Waals surface area contributed by atoms with Crippen molar-refractivity contribution in [1.82, 2.24) is 10.1 Å². The maximum absolute atomic E-state index is 6.07. The Labute approximate surface area is 108 Å². The fourth-order valence-electron chi connectivity index (χ4n) is 2.16. The number of hydrogen-bond acceptors (Lipinski definition) is 5. The molecule has 1 fully saturated rings. The van der Waals surface area contributed by atoms with Gasteiger partial charge in [0.15, 0.2) is 5.82 Å². The normalized spacial score (nSPS) is 23.8. The second kappa shape index (κ2) is 6.29. The van der Waals surface area contributed by atoms with Crippen molar-refractivity contribution in [3.8, 4) is 0 Å². The summed E-state index contributed by atoms with van der Waals surface area (Å²) in [5.74, 6) is 1.62. The molecule has 2 N–H and O–H groups in total. The molecule has 0 amide bonds. The van der Waals surface area contributed by atoms with E-state index in [-0.39, 0.29) is 12.1 Å². The largest absolute Gasteiger partial charge is 0.378 e. The lowest BCUT2D eigenvalue weighted by Crippen LogP contribution is -2.22. The first kappa shape index (κ1) is 13.5. The highest BCUT2D eigenvalue weighted by Gasteiger charge is 2.22. The molecule has 1 aromatic heterocycles. The molecule has 0 bridgehead atoms. The van der Waals surface area contributed by atoms with Crippen LogP contribution < -0.4 is 5.73 Å². The third-order valence-corrected chi connectivity index (χ3v) is 3.71. The van der Waals surface area contributed by atoms with E-state index in [1.54, 1.807) is 0 Å². The maximum atomic E-state index is 6.07. The summed E-state index contributed by atoms with van der Waals surface area (Å²) in [6, 6.07) is -0.163. The van der Waals surface area contributed by atoms with Gasteiger partial charge in [-0.1, -0.05) is 25.4 Å². The summed E-state index contributed by atoms with van der Waals surface area (Å²) < 4.78 is 10.9. The number of hydrogen-bond donors (Lipinski definition) is 1. The van der Waals surface area contributed by atoms with Crippen LogP contribution in [-0.2, 0) is 11.2 Å². The van der Waals surface area contributed by atoms with Gasteiger partial charge in [0.1, 0.15) is 0 Å². The predicted molar refractivity (Wildman–Crippen MR) is 68.0 cm³/mol. The summed E-state index contributed by atoms with van der Waals surface area (Å²) >= 11 is 0. The molecule has 0 aromatic carbocycles. The molecular formula is C13H23N3O2. The smallest absolute Gasteiger partial charge is 0.243 e. The Hall–Kier alpha value is -0.940. The first-order valence-corrected chi connectivity index (χ1v) is 6.90. The quantitative estimate of drug-likeness (QED) is 0.871. The lowest BCUT2D eigenvalue weighted by Gasteiger charge is -2.20. The van der Waals surface area contributed by atoms with E-state index in [1.807, 2.05) is 0 Å². The molecule has 1 aliphatic rings. The van der Waals surface area contributed by atoms with Crippen LogP contribution in [0.4, 0.5) is 0 Å². The molecule has 3 unspecified atom stereocenters. The van der Waals surface area contributed by atoms with E-state index >= 15 is 0 Å². The molecule has 1 aromatic rings. The van der Waals surface area contributed by atoms with E-state index in [2.05, 4.69) is 24.0 Å². The molecule has 0 aliphatic carbocycles. The van der Waals surface area contributed by atoms with Gasteiger partial charge in [-0.2, -0.15) is 4.98 Å². The highest BCUT2D eigenvalue weighted by Crippen LogP contribution is 2.21. The monoisotopic (exact) mass is 253 g/mol. The zero-order valence-electron chi connectivity index (χ0n) is 11.3. The third kappa shape index (κ3) is 3.29. The topological polar surface area (TPSA) is 74.2 Å². The predicted octanol–water partition coefficient (Wildman–Crippen LogP) is 2.23. The lowest BCUT2D eigenvalue weighted by molar-refractivity contribution is 0.0153. The molecular weight excluding hydrogens is 230 g/mol. The molecule has 0 radical (unpaired) electrons. The molecule has 2 heterocycles. The van der Waals surface area contributed by atoms with Gasteiger partial charge in [-0.3, -0.25) is 0 Å². The zero-order chi connectivity index (χ0) is 13.0. The van der Waals surface area contributed by atoms with Crippen molar-refractivity contribution in [2.75, 3.05) is 6.61 Å². The zero-order valence-corrected chi connectivity index (χ0v) is 11.3. The van der Waals surface area contributed by atoms with Gasteiger partial charge in [-0.05, 0) is 25.2 Å². The van der Waals surface area contributed by atoms with Gasteiger partial charge in [0.25, 0.3) is 0 Å². The van der Waals surface area contributed by atoms with Crippen LogP contribution in [0.1, 0.15) is 57.3 Å². The molecule has 5 nitrogen and oxygen atoms in total. The highest BCUT2D eigenvalue weighted by molar-refractivity contribution is 4.95. The number of nitrogens with zero attached hydrogens (tertiary/aromatic N) is 2. The van der Waals surface area contributed by atoms with E-state index in [0.29, 0.717) is 11.8 Å². The number of nitrogens with two attached hydrogens (primary N) is 1. The summed E-state index contributed by atoms with van der Waals surface area (Å²) in [6.07, 6.45) is 5.45. The second-order valence-corrected chi connectivity index (χ2v) is 5.15. The van der Waals surface area contributed by atoms with Gasteiger partial charge in [0.2, 0.25) is 5.89 Å². The van der Waals surface area contributed by atoms with E-state index in [4.69, 9.17) is 15.0 Å². The van der Waals surface area contributed by atoms with Gasteiger partial charge in [-0.15, -0.1) is 0 Å². The van der Waals surface area contributed by atoms with Crippen molar-refractivity contribution in [3.63, 3.8) is 0 Å². The molecule has 1 aliphatic heterocycles. The van der Waals surface area contributed by atoms with Crippen molar-refractivity contribution in [2.45, 2.75) is 58.1 Å². The van der Waals surface area contributed by atoms with Crippen LogP contribution in [0.25, 0.3) is 0 Å². The van der Waals surface area contributed by atoms with Crippen molar-refractivity contribution in [1.29, 1.82) is 0 Å². The van der Waals surface area contributed by atoms with Crippen molar-refractivity contribution in [2.24, 2.45) is 11.7 Å². The van der Waals surface area contributed by atoms with Crippen LogP contribution in [0.15, 0.2) is 4.52 Å². The number of rotatable bonds is 5. The molecule has 1 saturated heterocycles. The minimum absolute atomic E-state index is 0.163. The van der Waals surface area contributed by atoms with Gasteiger partial charge in [-0.25, -0.2) is 0 Å². The summed E-state index contributed by atoms with van der Waals surface area (Å²) in [6.45, 7) is 5.05. The van der Waals surface area contributed by atoms with Crippen LogP contribution in [0.5, 0.6) is 0 Å². The van der Waals surface area contributed by atoms with Crippen LogP contribution >= 0.6 is 0 Å². The summed E-state index contributed by atoms with van der Waals surface area (Å²) in [4.78, 5) is 4.39. The number of aromatic nitrogens is 2. The fraction of sp³-hybridized carbons (Fsp3) is 0.846. The molecule has 2 rings (SSSR count). The Morgan fingerprint density at radius 1 is 1.44 bits per heavy atom. The summed E-state index contributed by atoms with van der Waals surface area (Å²) in [7, 11) is 0. The van der Waals surface area contributed by atoms with Gasteiger partial charge in [0.05, 0.1) is 12.1 Å². The van der Waals surface area contributed by atoms with E-state index < -0.39 is 0 Å². The van der Waals surface area contributed by atoms with Gasteiger partial charge < -0.3 is 15.0 Å². The van der Waals surface area contributed by atoms with Crippen LogP contribution in [0.2, 0.25) is 0 Å². The van der Waals surface area contributed by atoms with E-state index in [9.17, 15) is 0 Å². The van der Waals surface area contributed by atoms with Crippen molar-refractivity contribution >= 4 is 0 Å². The standard InChI is InChI=1S/C13H23N3O2/c1-3-9(2)12(14)13-15-11(16-18-13)8-10-6-4-5-7-17-10/h9-10,12H,3-8,14H2,1-2H3. The lowest BCUT2D eigenvalue weighted by atomic mass is 10.0. The SMILES string of the molecule is CCC(C)C(N)c1nc(CC2CCCCO2)no1. The maximum Gasteiger partial charge on any atom is 0.243 e. The summed E-state index contributed by atoms with van der Waals surface area (Å²) in [5, 5.41) is 4.00. The van der Waals surface area contributed by atoms with Gasteiger partial charge in [0, 0.05) is 13.0 Å². The molecule has 0 saturated carbocycles. The molecule has 5 heteroatoms. The Morgan fingerprint density at radius 3 is 2.94 bits per heavy atom. The van der Waals surface area contributed by atoms with E-state index in [0.717, 1.165) is 38.1 Å². The van der Waals surface area contributed by atoms with Crippen molar-refractivity contribution < 1.29 is 9.26 Å². The average molecular weight is 253 g/mol. The van der Waals surface area contributed by atoms with Crippen LogP contribution in [0.3, 0.4) is 0 Å². The van der Waals surface area contributed by atoms with Crippen LogP contribution in [-0.4, -0.2) is 22.9 Å². The second-order valence-electron chi connectivity index (χ2n) is 5.15. The molecule has 102 valence electrons. The molecule has 3 atom stereocenters. The summed E-state index contributed by atoms with van der Waals surface area (Å²) in [5.41, 5.74) is 6.07. The Morgan fingerprint density at radius 2 is 2.28 bits per heavy atom. The first-order valence-electron chi connectivity index (χ1n) is 6.90. The van der Waals surface area contributed by atoms with Crippen molar-refractivity contribution in [3.05, 3.63) is 11.7 Å². The van der Waals surface area contributed by atoms with Crippen LogP contribution in [0, 0.1) is 5.92 Å². The minimum Gasteiger partial charge on any atom is -0.378 e. The Balaban J connectivity index is 1.92. The average Bonchev–Trinajstić information content (AvgIpc) is 2.86. The molecule has 0 spiro atoms. The van der Waals surface area contributed by atoms with Gasteiger partial charge >= 0.3 is 0 Å². The highest BCUT2D eigenvalue weighted by atomic mass is 16.5. The fourth-order valence-corrected chi connectivity index (χ4v) is 2.16. The minimum atomic E-state index is -0.163. The van der Waals surface area contributed by atoms with E-state index in [1.165, 1.54) is 6.42 Å². The first-order chi connectivity index (χ1) is 8.70.